The summed E-state index contributed by atoms with van der Waals surface area (Å²) in [6, 6.07) is 5.62. The van der Waals surface area contributed by atoms with E-state index in [-0.39, 0.29) is 17.9 Å². The minimum atomic E-state index is -0.372. The van der Waals surface area contributed by atoms with E-state index in [1.165, 1.54) is 0 Å². The molecule has 0 radical (unpaired) electrons. The van der Waals surface area contributed by atoms with Crippen LogP contribution in [0.3, 0.4) is 0 Å². The first-order chi connectivity index (χ1) is 11.1. The number of aryl methyl sites for hydroxylation is 2. The predicted octanol–water partition coefficient (Wildman–Crippen LogP) is 1.36. The number of aliphatic hydroxyl groups excluding tert-OH is 1. The third-order valence-electron chi connectivity index (χ3n) is 4.51. The largest absolute Gasteiger partial charge is 0.393 e. The predicted molar refractivity (Wildman–Crippen MR) is 84.7 cm³/mol. The van der Waals surface area contributed by atoms with Crippen molar-refractivity contribution < 1.29 is 5.11 Å². The Bertz CT molecular complexity index is 734. The molecule has 0 unspecified atom stereocenters. The highest BCUT2D eigenvalue weighted by atomic mass is 16.3. The number of nitrogens with zero attached hydrogens (tertiary/aromatic N) is 5. The minimum Gasteiger partial charge on any atom is -0.393 e. The minimum absolute atomic E-state index is 0.128. The molecule has 0 aromatic carbocycles. The van der Waals surface area contributed by atoms with E-state index in [2.05, 4.69) is 20.5 Å². The molecule has 0 saturated heterocycles. The maximum atomic E-state index is 10.3. The zero-order valence-corrected chi connectivity index (χ0v) is 13.3. The van der Waals surface area contributed by atoms with E-state index >= 15 is 0 Å². The van der Waals surface area contributed by atoms with Crippen LogP contribution in [0.2, 0.25) is 0 Å². The van der Waals surface area contributed by atoms with Crippen molar-refractivity contribution in [1.82, 2.24) is 19.7 Å². The van der Waals surface area contributed by atoms with Crippen molar-refractivity contribution >= 4 is 5.82 Å². The smallest absolute Gasteiger partial charge is 0.142 e. The topological polar surface area (TPSA) is 99.7 Å². The number of hydrogen-bond donors (Lipinski definition) is 2. The van der Waals surface area contributed by atoms with Crippen LogP contribution in [-0.4, -0.2) is 37.5 Å². The fraction of sp³-hybridized carbons (Fsp3) is 0.500. The third-order valence-corrected chi connectivity index (χ3v) is 4.51. The first-order valence-electron chi connectivity index (χ1n) is 7.72. The van der Waals surface area contributed by atoms with E-state index in [0.717, 1.165) is 17.8 Å². The van der Waals surface area contributed by atoms with Crippen molar-refractivity contribution in [2.24, 2.45) is 13.0 Å². The lowest BCUT2D eigenvalue weighted by Gasteiger charge is -2.16. The molecule has 1 saturated carbocycles. The molecule has 2 aromatic heterocycles. The van der Waals surface area contributed by atoms with Crippen LogP contribution in [0.1, 0.15) is 35.8 Å². The van der Waals surface area contributed by atoms with Gasteiger partial charge in [-0.05, 0) is 31.4 Å². The monoisotopic (exact) mass is 312 g/mol. The molecule has 0 aliphatic heterocycles. The standard InChI is InChI=1S/C16H20N6O/c1-10-3-4-13(7-17)20-15(10)18-8-12-5-11(6-14(12)23)16-21-19-9-22(16)2/h3-4,9,11-12,14,23H,5-6,8H2,1-2H3,(H,18,20)/t11-,12+,14+/m0/s1. The van der Waals surface area contributed by atoms with Crippen LogP contribution in [0.15, 0.2) is 18.5 Å². The highest BCUT2D eigenvalue weighted by molar-refractivity contribution is 5.46. The van der Waals surface area contributed by atoms with E-state index in [4.69, 9.17) is 5.26 Å². The second-order valence-corrected chi connectivity index (χ2v) is 6.15. The van der Waals surface area contributed by atoms with Gasteiger partial charge in [0.1, 0.15) is 29.7 Å². The zero-order chi connectivity index (χ0) is 16.4. The molecule has 2 heterocycles. The summed E-state index contributed by atoms with van der Waals surface area (Å²) in [5, 5.41) is 30.6. The number of rotatable bonds is 4. The number of hydrogen-bond acceptors (Lipinski definition) is 6. The molecule has 0 amide bonds. The van der Waals surface area contributed by atoms with Gasteiger partial charge in [-0.3, -0.25) is 0 Å². The molecule has 23 heavy (non-hydrogen) atoms. The molecule has 1 fully saturated rings. The van der Waals surface area contributed by atoms with Gasteiger partial charge >= 0.3 is 0 Å². The first kappa shape index (κ1) is 15.4. The Morgan fingerprint density at radius 2 is 2.26 bits per heavy atom. The lowest BCUT2D eigenvalue weighted by Crippen LogP contribution is -2.22. The summed E-state index contributed by atoms with van der Waals surface area (Å²) in [6.07, 6.45) is 2.87. The lowest BCUT2D eigenvalue weighted by molar-refractivity contribution is 0.137. The summed E-state index contributed by atoms with van der Waals surface area (Å²) in [7, 11) is 1.92. The summed E-state index contributed by atoms with van der Waals surface area (Å²) in [5.41, 5.74) is 1.38. The van der Waals surface area contributed by atoms with Crippen LogP contribution in [-0.2, 0) is 7.05 Å². The fourth-order valence-corrected chi connectivity index (χ4v) is 3.19. The van der Waals surface area contributed by atoms with Gasteiger partial charge in [0, 0.05) is 25.4 Å². The van der Waals surface area contributed by atoms with Crippen LogP contribution < -0.4 is 5.32 Å². The third kappa shape index (κ3) is 3.17. The van der Waals surface area contributed by atoms with Crippen LogP contribution in [0.5, 0.6) is 0 Å². The van der Waals surface area contributed by atoms with Gasteiger partial charge < -0.3 is 15.0 Å². The average Bonchev–Trinajstić information content (AvgIpc) is 3.12. The average molecular weight is 312 g/mol. The molecule has 2 N–H and O–H groups in total. The summed E-state index contributed by atoms with van der Waals surface area (Å²) in [4.78, 5) is 4.28. The van der Waals surface area contributed by atoms with E-state index in [9.17, 15) is 5.11 Å². The zero-order valence-electron chi connectivity index (χ0n) is 13.3. The Morgan fingerprint density at radius 3 is 2.96 bits per heavy atom. The molecule has 3 atom stereocenters. The van der Waals surface area contributed by atoms with Crippen molar-refractivity contribution in [1.29, 1.82) is 5.26 Å². The Balaban J connectivity index is 1.65. The van der Waals surface area contributed by atoms with Crippen molar-refractivity contribution in [3.63, 3.8) is 0 Å². The summed E-state index contributed by atoms with van der Waals surface area (Å²) >= 11 is 0. The fourth-order valence-electron chi connectivity index (χ4n) is 3.19. The Kier molecular flexibility index (Phi) is 4.26. The van der Waals surface area contributed by atoms with E-state index < -0.39 is 0 Å². The van der Waals surface area contributed by atoms with Crippen LogP contribution >= 0.6 is 0 Å². The number of aromatic nitrogens is 4. The number of anilines is 1. The van der Waals surface area contributed by atoms with Gasteiger partial charge in [0.25, 0.3) is 0 Å². The van der Waals surface area contributed by atoms with Crippen molar-refractivity contribution in [3.8, 4) is 6.07 Å². The molecular formula is C16H20N6O. The maximum Gasteiger partial charge on any atom is 0.142 e. The summed E-state index contributed by atoms with van der Waals surface area (Å²) in [5.74, 6) is 1.98. The molecule has 0 bridgehead atoms. The number of nitrogens with one attached hydrogen (secondary N) is 1. The van der Waals surface area contributed by atoms with Gasteiger partial charge in [-0.2, -0.15) is 5.26 Å². The molecule has 2 aromatic rings. The quantitative estimate of drug-likeness (QED) is 0.884. The Morgan fingerprint density at radius 1 is 1.43 bits per heavy atom. The van der Waals surface area contributed by atoms with Gasteiger partial charge in [0.15, 0.2) is 0 Å². The Hall–Kier alpha value is -2.46. The first-order valence-corrected chi connectivity index (χ1v) is 7.72. The highest BCUT2D eigenvalue weighted by Gasteiger charge is 2.35. The van der Waals surface area contributed by atoms with E-state index in [1.807, 2.05) is 30.7 Å². The molecular weight excluding hydrogens is 292 g/mol. The molecule has 7 nitrogen and oxygen atoms in total. The van der Waals surface area contributed by atoms with Crippen molar-refractivity contribution in [3.05, 3.63) is 35.5 Å². The highest BCUT2D eigenvalue weighted by Crippen LogP contribution is 2.37. The molecule has 0 spiro atoms. The molecule has 3 rings (SSSR count). The number of nitriles is 1. The number of aliphatic hydroxyl groups is 1. The van der Waals surface area contributed by atoms with E-state index in [0.29, 0.717) is 24.5 Å². The molecule has 7 heteroatoms. The van der Waals surface area contributed by atoms with Gasteiger partial charge in [-0.1, -0.05) is 6.07 Å². The SMILES string of the molecule is Cc1ccc(C#N)nc1NC[C@H]1C[C@H](c2nncn2C)C[C@H]1O. The van der Waals surface area contributed by atoms with Gasteiger partial charge in [-0.25, -0.2) is 4.98 Å². The maximum absolute atomic E-state index is 10.3. The lowest BCUT2D eigenvalue weighted by atomic mass is 10.0. The van der Waals surface area contributed by atoms with E-state index in [1.54, 1.807) is 12.4 Å². The number of pyridine rings is 1. The summed E-state index contributed by atoms with van der Waals surface area (Å²) < 4.78 is 1.91. The second kappa shape index (κ2) is 6.34. The van der Waals surface area contributed by atoms with Gasteiger partial charge in [0.2, 0.25) is 0 Å². The normalized spacial score (nSPS) is 23.7. The Labute approximate surface area is 135 Å². The van der Waals surface area contributed by atoms with Gasteiger partial charge in [-0.15, -0.1) is 10.2 Å². The van der Waals surface area contributed by atoms with Crippen molar-refractivity contribution in [2.45, 2.75) is 31.8 Å². The van der Waals surface area contributed by atoms with Crippen LogP contribution in [0, 0.1) is 24.2 Å². The summed E-state index contributed by atoms with van der Waals surface area (Å²) in [6.45, 7) is 2.57. The van der Waals surface area contributed by atoms with Crippen LogP contribution in [0.4, 0.5) is 5.82 Å². The molecule has 1 aliphatic carbocycles. The van der Waals surface area contributed by atoms with Gasteiger partial charge in [0.05, 0.1) is 6.10 Å². The van der Waals surface area contributed by atoms with Crippen molar-refractivity contribution in [2.75, 3.05) is 11.9 Å². The molecule has 120 valence electrons. The van der Waals surface area contributed by atoms with Crippen LogP contribution in [0.25, 0.3) is 0 Å². The molecule has 1 aliphatic rings. The second-order valence-electron chi connectivity index (χ2n) is 6.15.